The molecule has 5 aliphatic rings. The smallest absolute Gasteiger partial charge is 0.310 e. The van der Waals surface area contributed by atoms with Crippen LogP contribution in [0.2, 0.25) is 0 Å². The molecule has 13 nitrogen and oxygen atoms in total. The van der Waals surface area contributed by atoms with Crippen molar-refractivity contribution in [3.8, 4) is 23.0 Å². The van der Waals surface area contributed by atoms with Crippen molar-refractivity contribution in [1.82, 2.24) is 0 Å². The summed E-state index contributed by atoms with van der Waals surface area (Å²) in [5.74, 6) is -1.46. The van der Waals surface area contributed by atoms with Crippen LogP contribution in [-0.4, -0.2) is 84.2 Å². The van der Waals surface area contributed by atoms with Crippen LogP contribution in [0.15, 0.2) is 41.8 Å². The van der Waals surface area contributed by atoms with Crippen molar-refractivity contribution >= 4 is 17.3 Å². The zero-order valence-corrected chi connectivity index (χ0v) is 25.3. The second-order valence-electron chi connectivity index (χ2n) is 11.9. The van der Waals surface area contributed by atoms with Gasteiger partial charge < -0.3 is 58.3 Å². The van der Waals surface area contributed by atoms with E-state index in [1.54, 1.807) is 24.3 Å². The Kier molecular flexibility index (Phi) is 7.57. The quantitative estimate of drug-likeness (QED) is 0.285. The number of aliphatic hydroxyl groups is 3. The number of rotatable bonds is 6. The van der Waals surface area contributed by atoms with Gasteiger partial charge in [-0.05, 0) is 52.4 Å². The first kappa shape index (κ1) is 29.9. The van der Waals surface area contributed by atoms with Gasteiger partial charge in [-0.15, -0.1) is 11.3 Å². The van der Waals surface area contributed by atoms with E-state index in [9.17, 15) is 25.2 Å². The number of carbonyl (C=O) groups is 1. The molecule has 0 amide bonds. The number of ether oxygens (including phenoxy) is 8. The SMILES string of the molecule is COc1cc(C2c3cc4c(cc3C(OC3OC5COC(c6cccs6)OC5C(O)C3O)C3COC(=O)C23)OCO4)cc(CO)c1O. The summed E-state index contributed by atoms with van der Waals surface area (Å²) < 4.78 is 47.0. The van der Waals surface area contributed by atoms with Crippen LogP contribution in [0.4, 0.5) is 0 Å². The molecular formula is C32H32O13S. The lowest BCUT2D eigenvalue weighted by Crippen LogP contribution is -2.62. The number of aliphatic hydroxyl groups excluding tert-OH is 3. The van der Waals surface area contributed by atoms with Gasteiger partial charge in [0.05, 0.1) is 43.8 Å². The average Bonchev–Trinajstić information content (AvgIpc) is 3.85. The van der Waals surface area contributed by atoms with Crippen LogP contribution in [-0.2, 0) is 35.1 Å². The van der Waals surface area contributed by atoms with Crippen LogP contribution >= 0.6 is 11.3 Å². The minimum atomic E-state index is -1.48. The summed E-state index contributed by atoms with van der Waals surface area (Å²) in [6.07, 6.45) is -7.24. The molecule has 2 aromatic carbocycles. The van der Waals surface area contributed by atoms with Crippen LogP contribution in [0.25, 0.3) is 0 Å². The number of hydrogen-bond acceptors (Lipinski definition) is 14. The van der Waals surface area contributed by atoms with Gasteiger partial charge >= 0.3 is 5.97 Å². The Balaban J connectivity index is 1.16. The number of hydrogen-bond donors (Lipinski definition) is 4. The summed E-state index contributed by atoms with van der Waals surface area (Å²) in [6, 6.07) is 10.6. The fraction of sp³-hybridized carbons (Fsp3) is 0.469. The summed E-state index contributed by atoms with van der Waals surface area (Å²) in [5, 5.41) is 44.9. The largest absolute Gasteiger partial charge is 0.504 e. The van der Waals surface area contributed by atoms with Crippen LogP contribution in [0.3, 0.4) is 0 Å². The van der Waals surface area contributed by atoms with Crippen molar-refractivity contribution in [3.05, 3.63) is 68.9 Å². The van der Waals surface area contributed by atoms with Gasteiger partial charge in [0.15, 0.2) is 35.6 Å². The van der Waals surface area contributed by atoms with Gasteiger partial charge in [-0.25, -0.2) is 0 Å². The third-order valence-electron chi connectivity index (χ3n) is 9.43. The summed E-state index contributed by atoms with van der Waals surface area (Å²) in [4.78, 5) is 14.3. The number of carbonyl (C=O) groups excluding carboxylic acids is 1. The Morgan fingerprint density at radius 1 is 1.00 bits per heavy atom. The Bertz CT molecular complexity index is 1600. The lowest BCUT2D eigenvalue weighted by molar-refractivity contribution is -0.368. The monoisotopic (exact) mass is 656 g/mol. The Hall–Kier alpha value is -3.47. The molecule has 0 bridgehead atoms. The normalized spacial score (nSPS) is 34.4. The molecule has 244 valence electrons. The summed E-state index contributed by atoms with van der Waals surface area (Å²) in [6.45, 7) is -0.323. The molecule has 1 aromatic heterocycles. The van der Waals surface area contributed by atoms with Crippen LogP contribution in [0, 0.1) is 11.8 Å². The topological polar surface area (TPSA) is 172 Å². The van der Waals surface area contributed by atoms with Crippen molar-refractivity contribution in [2.45, 2.75) is 55.6 Å². The van der Waals surface area contributed by atoms with Gasteiger partial charge in [0, 0.05) is 17.4 Å². The van der Waals surface area contributed by atoms with Crippen LogP contribution < -0.4 is 14.2 Å². The Labute approximate surface area is 266 Å². The van der Waals surface area contributed by atoms with E-state index >= 15 is 0 Å². The van der Waals surface area contributed by atoms with Gasteiger partial charge in [-0.2, -0.15) is 0 Å². The predicted octanol–water partition coefficient (Wildman–Crippen LogP) is 2.24. The van der Waals surface area contributed by atoms with E-state index in [2.05, 4.69) is 0 Å². The fourth-order valence-corrected chi connectivity index (χ4v) is 7.94. The highest BCUT2D eigenvalue weighted by atomic mass is 32.1. The Morgan fingerprint density at radius 2 is 1.80 bits per heavy atom. The van der Waals surface area contributed by atoms with Gasteiger partial charge in [0.2, 0.25) is 6.79 Å². The Morgan fingerprint density at radius 3 is 2.54 bits per heavy atom. The number of esters is 1. The molecule has 4 N–H and O–H groups in total. The second kappa shape index (κ2) is 11.6. The number of thiophene rings is 1. The fourth-order valence-electron chi connectivity index (χ4n) is 7.23. The minimum Gasteiger partial charge on any atom is -0.504 e. The third-order valence-corrected chi connectivity index (χ3v) is 10.3. The van der Waals surface area contributed by atoms with E-state index in [1.165, 1.54) is 18.4 Å². The number of benzene rings is 2. The molecule has 14 heteroatoms. The van der Waals surface area contributed by atoms with Crippen molar-refractivity contribution < 1.29 is 63.1 Å². The first-order chi connectivity index (χ1) is 22.4. The van der Waals surface area contributed by atoms with E-state index in [0.29, 0.717) is 28.2 Å². The molecular weight excluding hydrogens is 624 g/mol. The molecule has 0 radical (unpaired) electrons. The van der Waals surface area contributed by atoms with E-state index in [-0.39, 0.29) is 37.1 Å². The summed E-state index contributed by atoms with van der Waals surface area (Å²) >= 11 is 1.46. The van der Waals surface area contributed by atoms with E-state index in [1.807, 2.05) is 17.5 Å². The van der Waals surface area contributed by atoms with Gasteiger partial charge in [0.25, 0.3) is 0 Å². The molecule has 8 rings (SSSR count). The van der Waals surface area contributed by atoms with Gasteiger partial charge in [-0.1, -0.05) is 6.07 Å². The number of fused-ring (bicyclic) bond motifs is 4. The highest BCUT2D eigenvalue weighted by molar-refractivity contribution is 7.10. The van der Waals surface area contributed by atoms with Crippen molar-refractivity contribution in [3.63, 3.8) is 0 Å². The second-order valence-corrected chi connectivity index (χ2v) is 12.9. The molecule has 3 saturated heterocycles. The van der Waals surface area contributed by atoms with Crippen molar-refractivity contribution in [1.29, 1.82) is 0 Å². The van der Waals surface area contributed by atoms with E-state index in [0.717, 1.165) is 4.88 Å². The molecule has 4 aliphatic heterocycles. The highest BCUT2D eigenvalue weighted by Crippen LogP contribution is 2.56. The minimum absolute atomic E-state index is 0.0111. The lowest BCUT2D eigenvalue weighted by atomic mass is 9.66. The van der Waals surface area contributed by atoms with Crippen LogP contribution in [0.5, 0.6) is 23.0 Å². The summed E-state index contributed by atoms with van der Waals surface area (Å²) in [5.41, 5.74) is 2.15. The molecule has 5 heterocycles. The maximum absolute atomic E-state index is 13.5. The zero-order chi connectivity index (χ0) is 31.7. The van der Waals surface area contributed by atoms with E-state index < -0.39 is 73.4 Å². The molecule has 3 aromatic rings. The first-order valence-electron chi connectivity index (χ1n) is 14.9. The number of methoxy groups -OCH3 is 1. The van der Waals surface area contributed by atoms with Crippen molar-refractivity contribution in [2.24, 2.45) is 11.8 Å². The molecule has 46 heavy (non-hydrogen) atoms. The highest BCUT2D eigenvalue weighted by Gasteiger charge is 2.56. The summed E-state index contributed by atoms with van der Waals surface area (Å²) in [7, 11) is 1.41. The van der Waals surface area contributed by atoms with Gasteiger partial charge in [-0.3, -0.25) is 4.79 Å². The molecule has 3 fully saturated rings. The predicted molar refractivity (Wildman–Crippen MR) is 155 cm³/mol. The lowest BCUT2D eigenvalue weighted by Gasteiger charge is -2.48. The van der Waals surface area contributed by atoms with Crippen LogP contribution in [0.1, 0.15) is 45.4 Å². The first-order valence-corrected chi connectivity index (χ1v) is 15.8. The zero-order valence-electron chi connectivity index (χ0n) is 24.5. The third kappa shape index (κ3) is 4.75. The standard InChI is InChI=1S/C32H32O13S/c1-38-20-6-13(5-14(9-33)25(20)34)23-15-7-18-19(42-12-41-18)8-16(15)28(17-10-39-30(37)24(17)23)44-32-27(36)26(35)29-21(43-32)11-40-31(45-29)22-3-2-4-46-22/h2-8,17,21,23-24,26-29,31-36H,9-12H2,1H3. The average molecular weight is 657 g/mol. The molecule has 10 atom stereocenters. The maximum Gasteiger partial charge on any atom is 0.310 e. The maximum atomic E-state index is 13.5. The van der Waals surface area contributed by atoms with E-state index in [4.69, 9.17) is 37.9 Å². The number of cyclic esters (lactones) is 1. The molecule has 10 unspecified atom stereocenters. The van der Waals surface area contributed by atoms with Gasteiger partial charge in [0.1, 0.15) is 24.4 Å². The molecule has 0 saturated carbocycles. The van der Waals surface area contributed by atoms with Crippen molar-refractivity contribution in [2.75, 3.05) is 27.1 Å². The molecule has 1 aliphatic carbocycles. The number of phenols is 1. The number of aromatic hydroxyl groups is 1. The molecule has 0 spiro atoms.